The van der Waals surface area contributed by atoms with Gasteiger partial charge in [0.1, 0.15) is 12.1 Å². The van der Waals surface area contributed by atoms with Crippen molar-refractivity contribution in [2.45, 2.75) is 26.2 Å². The molecule has 0 aliphatic heterocycles. The molecule has 1 aromatic carbocycles. The monoisotopic (exact) mass is 377 g/mol. The number of anilines is 1. The summed E-state index contributed by atoms with van der Waals surface area (Å²) in [6.07, 6.45) is 10.1. The lowest BCUT2D eigenvalue weighted by Gasteiger charge is -2.03. The van der Waals surface area contributed by atoms with E-state index < -0.39 is 0 Å². The number of carbonyl (C=O) groups excluding carboxylic acids is 1. The molecular formula is C20H19N5OS. The van der Waals surface area contributed by atoms with Crippen molar-refractivity contribution in [2.75, 3.05) is 5.32 Å². The number of hydrogen-bond acceptors (Lipinski definition) is 5. The highest BCUT2D eigenvalue weighted by Crippen LogP contribution is 2.27. The van der Waals surface area contributed by atoms with Gasteiger partial charge in [0.2, 0.25) is 0 Å². The van der Waals surface area contributed by atoms with Gasteiger partial charge < -0.3 is 0 Å². The third-order valence-electron chi connectivity index (χ3n) is 4.27. The summed E-state index contributed by atoms with van der Waals surface area (Å²) in [6, 6.07) is 9.83. The molecule has 0 aliphatic carbocycles. The van der Waals surface area contributed by atoms with Gasteiger partial charge in [0.15, 0.2) is 5.13 Å². The Hall–Kier alpha value is -3.06. The lowest BCUT2D eigenvalue weighted by Crippen LogP contribution is -2.12. The van der Waals surface area contributed by atoms with E-state index in [0.717, 1.165) is 16.6 Å². The van der Waals surface area contributed by atoms with Crippen LogP contribution in [0.2, 0.25) is 0 Å². The van der Waals surface area contributed by atoms with Crippen LogP contribution in [0.4, 0.5) is 5.13 Å². The summed E-state index contributed by atoms with van der Waals surface area (Å²) in [4.78, 5) is 25.3. The number of imidazole rings is 1. The number of amides is 1. The fraction of sp³-hybridized carbons (Fsp3) is 0.200. The maximum atomic E-state index is 12.5. The standard InChI is InChI=1S/C20H19N5OS/c1-2-3-4-14-5-7-16-17(11-14)27-20(23-16)24-19(26)15-6-8-18(22-12-15)25-10-9-21-13-25/h5-13H,2-4H2,1H3,(H,23,24,26). The first-order chi connectivity index (χ1) is 13.2. The predicted molar refractivity (Wildman–Crippen MR) is 108 cm³/mol. The molecule has 0 bridgehead atoms. The number of benzene rings is 1. The zero-order chi connectivity index (χ0) is 18.6. The van der Waals surface area contributed by atoms with Gasteiger partial charge in [0, 0.05) is 18.6 Å². The average molecular weight is 377 g/mol. The first-order valence-corrected chi connectivity index (χ1v) is 9.70. The smallest absolute Gasteiger partial charge is 0.259 e. The van der Waals surface area contributed by atoms with Crippen LogP contribution < -0.4 is 5.32 Å². The number of pyridine rings is 1. The summed E-state index contributed by atoms with van der Waals surface area (Å²) in [5.41, 5.74) is 2.70. The summed E-state index contributed by atoms with van der Waals surface area (Å²) in [7, 11) is 0. The predicted octanol–water partition coefficient (Wildman–Crippen LogP) is 4.47. The maximum Gasteiger partial charge on any atom is 0.259 e. The van der Waals surface area contributed by atoms with Gasteiger partial charge in [-0.15, -0.1) is 0 Å². The van der Waals surface area contributed by atoms with E-state index in [4.69, 9.17) is 0 Å². The van der Waals surface area contributed by atoms with Gasteiger partial charge in [-0.1, -0.05) is 30.7 Å². The molecule has 3 aromatic heterocycles. The number of rotatable bonds is 6. The molecule has 3 heterocycles. The van der Waals surface area contributed by atoms with E-state index >= 15 is 0 Å². The molecule has 0 atom stereocenters. The third kappa shape index (κ3) is 3.88. The van der Waals surface area contributed by atoms with Crippen molar-refractivity contribution in [3.63, 3.8) is 0 Å². The van der Waals surface area contributed by atoms with Crippen LogP contribution in [0.5, 0.6) is 0 Å². The highest BCUT2D eigenvalue weighted by molar-refractivity contribution is 7.22. The van der Waals surface area contributed by atoms with Gasteiger partial charge in [-0.05, 0) is 42.7 Å². The summed E-state index contributed by atoms with van der Waals surface area (Å²) in [6.45, 7) is 2.19. The van der Waals surface area contributed by atoms with Gasteiger partial charge in [-0.25, -0.2) is 15.0 Å². The molecule has 0 saturated carbocycles. The van der Waals surface area contributed by atoms with E-state index in [-0.39, 0.29) is 5.91 Å². The topological polar surface area (TPSA) is 72.7 Å². The fourth-order valence-corrected chi connectivity index (χ4v) is 3.72. The van der Waals surface area contributed by atoms with Crippen LogP contribution in [0.3, 0.4) is 0 Å². The van der Waals surface area contributed by atoms with Gasteiger partial charge in [-0.2, -0.15) is 0 Å². The van der Waals surface area contributed by atoms with E-state index in [0.29, 0.717) is 16.5 Å². The first kappa shape index (κ1) is 17.4. The molecule has 1 amide bonds. The molecule has 0 fully saturated rings. The molecule has 0 spiro atoms. The summed E-state index contributed by atoms with van der Waals surface area (Å²) < 4.78 is 2.87. The van der Waals surface area contributed by atoms with Crippen molar-refractivity contribution in [3.05, 3.63) is 66.4 Å². The molecule has 27 heavy (non-hydrogen) atoms. The Morgan fingerprint density at radius 3 is 2.93 bits per heavy atom. The van der Waals surface area contributed by atoms with E-state index in [1.54, 1.807) is 41.6 Å². The molecule has 0 aliphatic rings. The van der Waals surface area contributed by atoms with Gasteiger partial charge >= 0.3 is 0 Å². The summed E-state index contributed by atoms with van der Waals surface area (Å²) in [5.74, 6) is 0.494. The number of hydrogen-bond donors (Lipinski definition) is 1. The zero-order valence-corrected chi connectivity index (χ0v) is 15.7. The van der Waals surface area contributed by atoms with Crippen molar-refractivity contribution in [1.29, 1.82) is 0 Å². The minimum Gasteiger partial charge on any atom is -0.298 e. The van der Waals surface area contributed by atoms with Gasteiger partial charge in [-0.3, -0.25) is 14.7 Å². The van der Waals surface area contributed by atoms with Gasteiger partial charge in [0.05, 0.1) is 15.8 Å². The van der Waals surface area contributed by atoms with E-state index in [1.807, 2.05) is 6.07 Å². The minimum atomic E-state index is -0.218. The van der Waals surface area contributed by atoms with E-state index in [9.17, 15) is 4.79 Å². The number of fused-ring (bicyclic) bond motifs is 1. The lowest BCUT2D eigenvalue weighted by molar-refractivity contribution is 0.102. The highest BCUT2D eigenvalue weighted by Gasteiger charge is 2.11. The van der Waals surface area contributed by atoms with Crippen LogP contribution >= 0.6 is 11.3 Å². The Kier molecular flexibility index (Phi) is 4.93. The quantitative estimate of drug-likeness (QED) is 0.538. The number of aromatic nitrogens is 4. The molecule has 7 heteroatoms. The van der Waals surface area contributed by atoms with Crippen molar-refractivity contribution in [3.8, 4) is 5.82 Å². The molecule has 0 radical (unpaired) electrons. The number of nitrogens with zero attached hydrogens (tertiary/aromatic N) is 4. The van der Waals surface area contributed by atoms with Crippen molar-refractivity contribution in [1.82, 2.24) is 19.5 Å². The largest absolute Gasteiger partial charge is 0.298 e. The zero-order valence-electron chi connectivity index (χ0n) is 14.9. The lowest BCUT2D eigenvalue weighted by atomic mass is 10.1. The molecule has 0 saturated heterocycles. The second kappa shape index (κ2) is 7.67. The molecule has 6 nitrogen and oxygen atoms in total. The van der Waals surface area contributed by atoms with Crippen molar-refractivity contribution < 1.29 is 4.79 Å². The van der Waals surface area contributed by atoms with Crippen LogP contribution in [0.25, 0.3) is 16.0 Å². The summed E-state index contributed by atoms with van der Waals surface area (Å²) >= 11 is 1.49. The molecule has 4 rings (SSSR count). The Bertz CT molecular complexity index is 1050. The Morgan fingerprint density at radius 2 is 2.19 bits per heavy atom. The number of aryl methyl sites for hydroxylation is 1. The van der Waals surface area contributed by atoms with Crippen molar-refractivity contribution in [2.24, 2.45) is 0 Å². The van der Waals surface area contributed by atoms with Crippen LogP contribution in [0.1, 0.15) is 35.7 Å². The number of carbonyl (C=O) groups is 1. The van der Waals surface area contributed by atoms with Crippen LogP contribution in [-0.2, 0) is 6.42 Å². The Balaban J connectivity index is 1.48. The van der Waals surface area contributed by atoms with Crippen LogP contribution in [0.15, 0.2) is 55.2 Å². The first-order valence-electron chi connectivity index (χ1n) is 8.88. The normalized spacial score (nSPS) is 11.0. The summed E-state index contributed by atoms with van der Waals surface area (Å²) in [5, 5.41) is 3.47. The van der Waals surface area contributed by atoms with E-state index in [1.165, 1.54) is 29.7 Å². The van der Waals surface area contributed by atoms with Crippen LogP contribution in [-0.4, -0.2) is 25.4 Å². The average Bonchev–Trinajstić information content (AvgIpc) is 3.35. The molecule has 136 valence electrons. The second-order valence-corrected chi connectivity index (χ2v) is 7.28. The molecular weight excluding hydrogens is 358 g/mol. The minimum absolute atomic E-state index is 0.218. The van der Waals surface area contributed by atoms with Gasteiger partial charge in [0.25, 0.3) is 5.91 Å². The molecule has 1 N–H and O–H groups in total. The second-order valence-electron chi connectivity index (χ2n) is 6.25. The number of unbranched alkanes of at least 4 members (excludes halogenated alkanes) is 1. The Labute approximate surface area is 160 Å². The number of nitrogens with one attached hydrogen (secondary N) is 1. The fourth-order valence-electron chi connectivity index (χ4n) is 2.80. The Morgan fingerprint density at radius 1 is 1.26 bits per heavy atom. The number of thiazole rings is 1. The SMILES string of the molecule is CCCCc1ccc2nc(NC(=O)c3ccc(-n4ccnc4)nc3)sc2c1. The molecule has 4 aromatic rings. The maximum absolute atomic E-state index is 12.5. The van der Waals surface area contributed by atoms with E-state index in [2.05, 4.69) is 39.3 Å². The highest BCUT2D eigenvalue weighted by atomic mass is 32.1. The van der Waals surface area contributed by atoms with Crippen molar-refractivity contribution >= 4 is 32.6 Å². The molecule has 0 unspecified atom stereocenters. The van der Waals surface area contributed by atoms with Crippen LogP contribution in [0, 0.1) is 0 Å². The third-order valence-corrected chi connectivity index (χ3v) is 5.20.